The summed E-state index contributed by atoms with van der Waals surface area (Å²) in [6.07, 6.45) is 2.10. The van der Waals surface area contributed by atoms with E-state index in [1.807, 2.05) is 20.8 Å². The maximum Gasteiger partial charge on any atom is 0.186 e. The van der Waals surface area contributed by atoms with Crippen molar-refractivity contribution in [3.8, 4) is 0 Å². The van der Waals surface area contributed by atoms with Crippen LogP contribution in [0.2, 0.25) is 5.15 Å². The molecule has 18 heavy (non-hydrogen) atoms. The summed E-state index contributed by atoms with van der Waals surface area (Å²) >= 11 is 9.04. The SMILES string of the molecule is CC.Cc1nn(C2CC2)c2c(F)c(Cl)nc(Br)c12. The topological polar surface area (TPSA) is 30.7 Å². The summed E-state index contributed by atoms with van der Waals surface area (Å²) in [5.41, 5.74) is 1.24. The Morgan fingerprint density at radius 3 is 2.56 bits per heavy atom. The van der Waals surface area contributed by atoms with Crippen LogP contribution in [0.4, 0.5) is 4.39 Å². The second-order valence-corrected chi connectivity index (χ2v) is 5.10. The molecule has 0 amide bonds. The molecule has 3 rings (SSSR count). The fourth-order valence-electron chi connectivity index (χ4n) is 1.88. The standard InChI is InChI=1S/C10H8BrClFN3.C2H6/c1-4-6-8(16(15-4)5-2-3-5)7(13)10(12)14-9(6)11;1-2/h5H,2-3H2,1H3;1-2H3. The maximum absolute atomic E-state index is 14.0. The van der Waals surface area contributed by atoms with Crippen molar-refractivity contribution in [2.45, 2.75) is 39.7 Å². The number of hydrogen-bond donors (Lipinski definition) is 0. The molecule has 1 aliphatic carbocycles. The van der Waals surface area contributed by atoms with E-state index in [2.05, 4.69) is 26.0 Å². The van der Waals surface area contributed by atoms with Gasteiger partial charge in [0.2, 0.25) is 0 Å². The highest BCUT2D eigenvalue weighted by molar-refractivity contribution is 9.10. The van der Waals surface area contributed by atoms with Crippen LogP contribution in [0.25, 0.3) is 10.9 Å². The molecule has 0 aromatic carbocycles. The molecule has 1 fully saturated rings. The van der Waals surface area contributed by atoms with Crippen LogP contribution in [0, 0.1) is 12.7 Å². The van der Waals surface area contributed by atoms with Crippen molar-refractivity contribution < 1.29 is 4.39 Å². The molecule has 0 N–H and O–H groups in total. The molecule has 2 heterocycles. The molecule has 0 spiro atoms. The fraction of sp³-hybridized carbons (Fsp3) is 0.500. The summed E-state index contributed by atoms with van der Waals surface area (Å²) in [5.74, 6) is -0.479. The highest BCUT2D eigenvalue weighted by atomic mass is 79.9. The molecule has 0 bridgehead atoms. The first-order valence-electron chi connectivity index (χ1n) is 5.99. The number of pyridine rings is 1. The van der Waals surface area contributed by atoms with Crippen LogP contribution in [0.3, 0.4) is 0 Å². The van der Waals surface area contributed by atoms with E-state index in [1.165, 1.54) is 0 Å². The van der Waals surface area contributed by atoms with Crippen molar-refractivity contribution in [3.63, 3.8) is 0 Å². The van der Waals surface area contributed by atoms with Crippen LogP contribution in [-0.4, -0.2) is 14.8 Å². The zero-order chi connectivity index (χ0) is 13.4. The second kappa shape index (κ2) is 5.13. The Bertz CT molecular complexity index is 593. The van der Waals surface area contributed by atoms with Crippen LogP contribution in [0.1, 0.15) is 38.4 Å². The van der Waals surface area contributed by atoms with Gasteiger partial charge in [-0.1, -0.05) is 25.4 Å². The van der Waals surface area contributed by atoms with E-state index in [9.17, 15) is 4.39 Å². The Kier molecular flexibility index (Phi) is 3.92. The third-order valence-corrected chi connectivity index (χ3v) is 3.59. The van der Waals surface area contributed by atoms with Crippen LogP contribution >= 0.6 is 27.5 Å². The molecule has 1 aliphatic rings. The first-order valence-corrected chi connectivity index (χ1v) is 7.16. The highest BCUT2D eigenvalue weighted by Crippen LogP contribution is 2.40. The molecule has 0 unspecified atom stereocenters. The lowest BCUT2D eigenvalue weighted by molar-refractivity contribution is 0.598. The molecule has 0 saturated heterocycles. The van der Waals surface area contributed by atoms with Gasteiger partial charge in [0.25, 0.3) is 0 Å². The zero-order valence-electron chi connectivity index (χ0n) is 10.5. The van der Waals surface area contributed by atoms with Gasteiger partial charge in [0.15, 0.2) is 11.0 Å². The van der Waals surface area contributed by atoms with E-state index < -0.39 is 5.82 Å². The van der Waals surface area contributed by atoms with Gasteiger partial charge in [-0.25, -0.2) is 9.37 Å². The highest BCUT2D eigenvalue weighted by Gasteiger charge is 2.29. The molecule has 2 aromatic heterocycles. The van der Waals surface area contributed by atoms with Gasteiger partial charge in [-0.05, 0) is 35.7 Å². The van der Waals surface area contributed by atoms with Crippen molar-refractivity contribution in [2.24, 2.45) is 0 Å². The van der Waals surface area contributed by atoms with Gasteiger partial charge in [-0.3, -0.25) is 4.68 Å². The largest absolute Gasteiger partial charge is 0.258 e. The Morgan fingerprint density at radius 1 is 1.39 bits per heavy atom. The van der Waals surface area contributed by atoms with Crippen molar-refractivity contribution >= 4 is 38.4 Å². The minimum atomic E-state index is -0.479. The van der Waals surface area contributed by atoms with Gasteiger partial charge in [-0.2, -0.15) is 5.10 Å². The van der Waals surface area contributed by atoms with Crippen LogP contribution < -0.4 is 0 Å². The molecule has 6 heteroatoms. The first kappa shape index (κ1) is 13.7. The molecule has 0 atom stereocenters. The molecule has 0 radical (unpaired) electrons. The van der Waals surface area contributed by atoms with Gasteiger partial charge >= 0.3 is 0 Å². The Labute approximate surface area is 118 Å². The Morgan fingerprint density at radius 2 is 2.00 bits per heavy atom. The molecule has 1 saturated carbocycles. The number of aryl methyl sites for hydroxylation is 1. The average Bonchev–Trinajstić information content (AvgIpc) is 3.13. The molecule has 98 valence electrons. The number of nitrogens with zero attached hydrogens (tertiary/aromatic N) is 3. The Hall–Kier alpha value is -0.680. The third kappa shape index (κ3) is 2.14. The van der Waals surface area contributed by atoms with Crippen molar-refractivity contribution in [2.75, 3.05) is 0 Å². The van der Waals surface area contributed by atoms with Gasteiger partial charge in [0, 0.05) is 0 Å². The van der Waals surface area contributed by atoms with Gasteiger partial charge in [0.05, 0.1) is 17.1 Å². The van der Waals surface area contributed by atoms with Gasteiger partial charge in [-0.15, -0.1) is 0 Å². The Balaban J connectivity index is 0.000000574. The monoisotopic (exact) mass is 333 g/mol. The van der Waals surface area contributed by atoms with Crippen molar-refractivity contribution in [1.82, 2.24) is 14.8 Å². The summed E-state index contributed by atoms with van der Waals surface area (Å²) in [7, 11) is 0. The summed E-state index contributed by atoms with van der Waals surface area (Å²) in [4.78, 5) is 3.91. The number of aromatic nitrogens is 3. The molecule has 0 aliphatic heterocycles. The summed E-state index contributed by atoms with van der Waals surface area (Å²) in [5, 5.41) is 4.97. The zero-order valence-corrected chi connectivity index (χ0v) is 12.8. The quantitative estimate of drug-likeness (QED) is 0.710. The molecule has 2 aromatic rings. The van der Waals surface area contributed by atoms with Gasteiger partial charge in [0.1, 0.15) is 10.1 Å². The average molecular weight is 335 g/mol. The van der Waals surface area contributed by atoms with E-state index in [4.69, 9.17) is 11.6 Å². The second-order valence-electron chi connectivity index (χ2n) is 3.99. The lowest BCUT2D eigenvalue weighted by Gasteiger charge is -2.03. The van der Waals surface area contributed by atoms with E-state index in [1.54, 1.807) is 4.68 Å². The van der Waals surface area contributed by atoms with E-state index >= 15 is 0 Å². The summed E-state index contributed by atoms with van der Waals surface area (Å²) < 4.78 is 16.3. The van der Waals surface area contributed by atoms with Crippen LogP contribution in [-0.2, 0) is 0 Å². The van der Waals surface area contributed by atoms with Crippen molar-refractivity contribution in [1.29, 1.82) is 0 Å². The number of halogens is 3. The van der Waals surface area contributed by atoms with E-state index in [0.29, 0.717) is 21.5 Å². The summed E-state index contributed by atoms with van der Waals surface area (Å²) in [6.45, 7) is 5.85. The van der Waals surface area contributed by atoms with E-state index in [-0.39, 0.29) is 5.15 Å². The fourth-order valence-corrected chi connectivity index (χ4v) is 2.81. The van der Waals surface area contributed by atoms with Crippen LogP contribution in [0.15, 0.2) is 4.60 Å². The predicted octanol–water partition coefficient (Wildman–Crippen LogP) is 4.66. The normalized spacial score (nSPS) is 14.6. The minimum Gasteiger partial charge on any atom is -0.258 e. The van der Waals surface area contributed by atoms with Crippen molar-refractivity contribution in [3.05, 3.63) is 21.3 Å². The number of rotatable bonds is 1. The number of hydrogen-bond acceptors (Lipinski definition) is 2. The summed E-state index contributed by atoms with van der Waals surface area (Å²) in [6, 6.07) is 0.316. The van der Waals surface area contributed by atoms with Crippen LogP contribution in [0.5, 0.6) is 0 Å². The maximum atomic E-state index is 14.0. The lowest BCUT2D eigenvalue weighted by Crippen LogP contribution is -1.99. The molecular weight excluding hydrogens is 321 g/mol. The predicted molar refractivity (Wildman–Crippen MR) is 74.6 cm³/mol. The minimum absolute atomic E-state index is 0.110. The molecular formula is C12H14BrClFN3. The molecule has 3 nitrogen and oxygen atoms in total. The first-order chi connectivity index (χ1) is 8.59. The smallest absolute Gasteiger partial charge is 0.186 e. The van der Waals surface area contributed by atoms with E-state index in [0.717, 1.165) is 18.5 Å². The van der Waals surface area contributed by atoms with Gasteiger partial charge < -0.3 is 0 Å². The third-order valence-electron chi connectivity index (χ3n) is 2.77. The lowest BCUT2D eigenvalue weighted by atomic mass is 10.2. The number of fused-ring (bicyclic) bond motifs is 1.